The Hall–Kier alpha value is -2.89. The third-order valence-electron chi connectivity index (χ3n) is 3.77. The molecule has 0 unspecified atom stereocenters. The molecule has 0 saturated carbocycles. The van der Waals surface area contributed by atoms with E-state index in [1.165, 1.54) is 12.1 Å². The summed E-state index contributed by atoms with van der Waals surface area (Å²) in [5, 5.41) is 5.55. The van der Waals surface area contributed by atoms with Crippen molar-refractivity contribution in [2.45, 2.75) is 45.9 Å². The van der Waals surface area contributed by atoms with Gasteiger partial charge in [-0.2, -0.15) is 0 Å². The molecular weight excluding hydrogens is 347 g/mol. The molecule has 0 aliphatic heterocycles. The zero-order valence-corrected chi connectivity index (χ0v) is 16.0. The van der Waals surface area contributed by atoms with E-state index < -0.39 is 11.7 Å². The highest BCUT2D eigenvalue weighted by Crippen LogP contribution is 2.14. The van der Waals surface area contributed by atoms with Gasteiger partial charge in [-0.25, -0.2) is 9.18 Å². The van der Waals surface area contributed by atoms with Crippen LogP contribution in [0.2, 0.25) is 0 Å². The molecule has 0 aliphatic carbocycles. The standard InChI is InChI=1S/C21H25FN2O3/c1-14(16-9-11-18(22)12-10-16)24-19(25)17-7-5-15(6-8-17)13-23-20(26)27-21(2,3)4/h5-12,14H,13H2,1-4H3,(H,23,26)(H,24,25)/t14-/m0/s1. The lowest BCUT2D eigenvalue weighted by molar-refractivity contribution is 0.0523. The molecule has 6 heteroatoms. The van der Waals surface area contributed by atoms with Crippen molar-refractivity contribution < 1.29 is 18.7 Å². The second-order valence-corrected chi connectivity index (χ2v) is 7.30. The van der Waals surface area contributed by atoms with Crippen LogP contribution in [0.15, 0.2) is 48.5 Å². The van der Waals surface area contributed by atoms with Crippen LogP contribution in [-0.4, -0.2) is 17.6 Å². The second-order valence-electron chi connectivity index (χ2n) is 7.30. The Bertz CT molecular complexity index is 781. The number of benzene rings is 2. The van der Waals surface area contributed by atoms with E-state index in [0.717, 1.165) is 11.1 Å². The Balaban J connectivity index is 1.89. The van der Waals surface area contributed by atoms with E-state index in [0.29, 0.717) is 12.1 Å². The van der Waals surface area contributed by atoms with Crippen LogP contribution >= 0.6 is 0 Å². The first-order valence-electron chi connectivity index (χ1n) is 8.76. The van der Waals surface area contributed by atoms with Crippen LogP contribution < -0.4 is 10.6 Å². The van der Waals surface area contributed by atoms with Gasteiger partial charge in [-0.15, -0.1) is 0 Å². The van der Waals surface area contributed by atoms with E-state index in [1.54, 1.807) is 57.2 Å². The lowest BCUT2D eigenvalue weighted by Gasteiger charge is -2.19. The van der Waals surface area contributed by atoms with Crippen molar-refractivity contribution in [1.82, 2.24) is 10.6 Å². The average Bonchev–Trinajstić information content (AvgIpc) is 2.59. The van der Waals surface area contributed by atoms with Gasteiger partial charge in [-0.05, 0) is 63.1 Å². The lowest BCUT2D eigenvalue weighted by Crippen LogP contribution is -2.32. The lowest BCUT2D eigenvalue weighted by atomic mass is 10.1. The molecule has 0 aliphatic rings. The quantitative estimate of drug-likeness (QED) is 0.820. The van der Waals surface area contributed by atoms with Gasteiger partial charge < -0.3 is 15.4 Å². The fourth-order valence-corrected chi connectivity index (χ4v) is 2.38. The Morgan fingerprint density at radius 1 is 1.04 bits per heavy atom. The van der Waals surface area contributed by atoms with Gasteiger partial charge in [0.1, 0.15) is 11.4 Å². The van der Waals surface area contributed by atoms with Crippen molar-refractivity contribution in [1.29, 1.82) is 0 Å². The third kappa shape index (κ3) is 6.73. The van der Waals surface area contributed by atoms with Gasteiger partial charge in [0.15, 0.2) is 0 Å². The molecular formula is C21H25FN2O3. The molecule has 5 nitrogen and oxygen atoms in total. The maximum Gasteiger partial charge on any atom is 0.407 e. The van der Waals surface area contributed by atoms with Crippen LogP contribution in [0.25, 0.3) is 0 Å². The van der Waals surface area contributed by atoms with Crippen molar-refractivity contribution in [3.63, 3.8) is 0 Å². The SMILES string of the molecule is C[C@H](NC(=O)c1ccc(CNC(=O)OC(C)(C)C)cc1)c1ccc(F)cc1. The summed E-state index contributed by atoms with van der Waals surface area (Å²) in [7, 11) is 0. The summed E-state index contributed by atoms with van der Waals surface area (Å²) in [5.74, 6) is -0.536. The zero-order chi connectivity index (χ0) is 20.0. The monoisotopic (exact) mass is 372 g/mol. The summed E-state index contributed by atoms with van der Waals surface area (Å²) in [6.07, 6.45) is -0.488. The summed E-state index contributed by atoms with van der Waals surface area (Å²) in [4.78, 5) is 24.0. The Morgan fingerprint density at radius 2 is 1.63 bits per heavy atom. The summed E-state index contributed by atoms with van der Waals surface area (Å²) >= 11 is 0. The molecule has 0 aromatic heterocycles. The van der Waals surface area contributed by atoms with Crippen LogP contribution in [0.3, 0.4) is 0 Å². The summed E-state index contributed by atoms with van der Waals surface area (Å²) in [5.41, 5.74) is 1.63. The van der Waals surface area contributed by atoms with Gasteiger partial charge in [0.25, 0.3) is 5.91 Å². The second kappa shape index (κ2) is 8.66. The number of rotatable bonds is 5. The summed E-state index contributed by atoms with van der Waals surface area (Å²) in [6.45, 7) is 7.54. The van der Waals surface area contributed by atoms with Gasteiger partial charge in [0.05, 0.1) is 6.04 Å². The van der Waals surface area contributed by atoms with Crippen molar-refractivity contribution in [2.75, 3.05) is 0 Å². The van der Waals surface area contributed by atoms with Crippen molar-refractivity contribution in [2.24, 2.45) is 0 Å². The molecule has 2 aromatic rings. The van der Waals surface area contributed by atoms with Gasteiger partial charge in [0.2, 0.25) is 0 Å². The van der Waals surface area contributed by atoms with E-state index in [9.17, 15) is 14.0 Å². The molecule has 1 atom stereocenters. The Morgan fingerprint density at radius 3 is 2.19 bits per heavy atom. The minimum absolute atomic E-state index is 0.224. The highest BCUT2D eigenvalue weighted by Gasteiger charge is 2.16. The van der Waals surface area contributed by atoms with Crippen molar-refractivity contribution >= 4 is 12.0 Å². The van der Waals surface area contributed by atoms with Gasteiger partial charge >= 0.3 is 6.09 Å². The number of alkyl carbamates (subject to hydrolysis) is 1. The largest absolute Gasteiger partial charge is 0.444 e. The van der Waals surface area contributed by atoms with Crippen LogP contribution in [0.1, 0.15) is 55.2 Å². The molecule has 0 saturated heterocycles. The first-order valence-corrected chi connectivity index (χ1v) is 8.76. The van der Waals surface area contributed by atoms with Crippen LogP contribution in [0.4, 0.5) is 9.18 Å². The molecule has 0 spiro atoms. The minimum atomic E-state index is -0.548. The molecule has 0 heterocycles. The Labute approximate surface area is 158 Å². The van der Waals surface area contributed by atoms with Crippen molar-refractivity contribution in [3.05, 3.63) is 71.0 Å². The number of hydrogen-bond acceptors (Lipinski definition) is 3. The minimum Gasteiger partial charge on any atom is -0.444 e. The molecule has 27 heavy (non-hydrogen) atoms. The Kier molecular flexibility index (Phi) is 6.55. The number of hydrogen-bond donors (Lipinski definition) is 2. The zero-order valence-electron chi connectivity index (χ0n) is 16.0. The molecule has 144 valence electrons. The van der Waals surface area contributed by atoms with E-state index in [4.69, 9.17) is 4.74 Å². The van der Waals surface area contributed by atoms with Gasteiger partial charge in [0, 0.05) is 12.1 Å². The predicted octanol–water partition coefficient (Wildman–Crippen LogP) is 4.34. The topological polar surface area (TPSA) is 67.4 Å². The van der Waals surface area contributed by atoms with Crippen LogP contribution in [0, 0.1) is 5.82 Å². The molecule has 0 bridgehead atoms. The predicted molar refractivity (Wildman–Crippen MR) is 102 cm³/mol. The first-order chi connectivity index (χ1) is 12.6. The maximum absolute atomic E-state index is 13.0. The number of carbonyl (C=O) groups is 2. The van der Waals surface area contributed by atoms with Crippen LogP contribution in [0.5, 0.6) is 0 Å². The highest BCUT2D eigenvalue weighted by molar-refractivity contribution is 5.94. The normalized spacial score (nSPS) is 12.2. The number of nitrogens with one attached hydrogen (secondary N) is 2. The number of halogens is 1. The molecule has 2 N–H and O–H groups in total. The van der Waals surface area contributed by atoms with E-state index in [1.807, 2.05) is 6.92 Å². The van der Waals surface area contributed by atoms with E-state index in [2.05, 4.69) is 10.6 Å². The molecule has 2 aromatic carbocycles. The van der Waals surface area contributed by atoms with E-state index >= 15 is 0 Å². The molecule has 2 amide bonds. The van der Waals surface area contributed by atoms with E-state index in [-0.39, 0.29) is 17.8 Å². The highest BCUT2D eigenvalue weighted by atomic mass is 19.1. The van der Waals surface area contributed by atoms with Gasteiger partial charge in [-0.3, -0.25) is 4.79 Å². The van der Waals surface area contributed by atoms with Crippen molar-refractivity contribution in [3.8, 4) is 0 Å². The maximum atomic E-state index is 13.0. The summed E-state index contributed by atoms with van der Waals surface area (Å²) < 4.78 is 18.2. The third-order valence-corrected chi connectivity index (χ3v) is 3.77. The number of ether oxygens (including phenoxy) is 1. The average molecular weight is 372 g/mol. The fourth-order valence-electron chi connectivity index (χ4n) is 2.38. The smallest absolute Gasteiger partial charge is 0.407 e. The summed E-state index contributed by atoms with van der Waals surface area (Å²) in [6, 6.07) is 12.7. The first kappa shape index (κ1) is 20.4. The molecule has 0 fully saturated rings. The molecule has 2 rings (SSSR count). The fraction of sp³-hybridized carbons (Fsp3) is 0.333. The van der Waals surface area contributed by atoms with Gasteiger partial charge in [-0.1, -0.05) is 24.3 Å². The molecule has 0 radical (unpaired) electrons. The number of amides is 2. The van der Waals surface area contributed by atoms with Crippen LogP contribution in [-0.2, 0) is 11.3 Å². The number of carbonyl (C=O) groups excluding carboxylic acids is 2.